The standard InChI is InChI=1S/C20H15BrOS/c21-17-8-6-16(7-9-17)20(22)13-12-18-10-11-19(23-18)14-15-4-2-1-3-5-15/h1-13H,14H2/b13-12+. The van der Waals surface area contributed by atoms with Gasteiger partial charge in [-0.05, 0) is 54.1 Å². The van der Waals surface area contributed by atoms with Crippen LogP contribution in [0.25, 0.3) is 6.08 Å². The molecule has 0 atom stereocenters. The zero-order chi connectivity index (χ0) is 16.1. The molecule has 0 fully saturated rings. The molecule has 0 amide bonds. The van der Waals surface area contributed by atoms with Crippen molar-refractivity contribution in [3.8, 4) is 0 Å². The fraction of sp³-hybridized carbons (Fsp3) is 0.0500. The zero-order valence-electron chi connectivity index (χ0n) is 12.4. The average molecular weight is 383 g/mol. The number of benzene rings is 2. The van der Waals surface area contributed by atoms with Crippen LogP contribution in [0.1, 0.15) is 25.7 Å². The van der Waals surface area contributed by atoms with Crippen molar-refractivity contribution in [2.45, 2.75) is 6.42 Å². The maximum absolute atomic E-state index is 12.1. The topological polar surface area (TPSA) is 17.1 Å². The highest BCUT2D eigenvalue weighted by atomic mass is 79.9. The van der Waals surface area contributed by atoms with Crippen molar-refractivity contribution in [2.75, 3.05) is 0 Å². The van der Waals surface area contributed by atoms with E-state index in [2.05, 4.69) is 52.3 Å². The summed E-state index contributed by atoms with van der Waals surface area (Å²) in [4.78, 5) is 14.5. The van der Waals surface area contributed by atoms with Crippen molar-refractivity contribution in [1.29, 1.82) is 0 Å². The molecule has 114 valence electrons. The molecule has 1 heterocycles. The molecule has 0 aliphatic heterocycles. The second-order valence-corrected chi connectivity index (χ2v) is 7.29. The molecule has 2 aromatic carbocycles. The predicted molar refractivity (Wildman–Crippen MR) is 101 cm³/mol. The Morgan fingerprint density at radius 1 is 0.957 bits per heavy atom. The third-order valence-corrected chi connectivity index (χ3v) is 5.01. The number of carbonyl (C=O) groups excluding carboxylic acids is 1. The molecule has 0 spiro atoms. The molecule has 0 aliphatic carbocycles. The number of allylic oxidation sites excluding steroid dienone is 1. The molecule has 1 aromatic heterocycles. The lowest BCUT2D eigenvalue weighted by atomic mass is 10.1. The summed E-state index contributed by atoms with van der Waals surface area (Å²) in [7, 11) is 0. The lowest BCUT2D eigenvalue weighted by Crippen LogP contribution is -1.92. The number of carbonyl (C=O) groups is 1. The highest BCUT2D eigenvalue weighted by molar-refractivity contribution is 9.10. The van der Waals surface area contributed by atoms with E-state index < -0.39 is 0 Å². The van der Waals surface area contributed by atoms with Crippen molar-refractivity contribution >= 4 is 39.1 Å². The summed E-state index contributed by atoms with van der Waals surface area (Å²) >= 11 is 5.09. The molecule has 0 unspecified atom stereocenters. The number of halogens is 1. The maximum Gasteiger partial charge on any atom is 0.185 e. The largest absolute Gasteiger partial charge is 0.289 e. The maximum atomic E-state index is 12.1. The Morgan fingerprint density at radius 2 is 1.70 bits per heavy atom. The second-order valence-electron chi connectivity index (χ2n) is 5.17. The van der Waals surface area contributed by atoms with Crippen molar-refractivity contribution in [3.63, 3.8) is 0 Å². The van der Waals surface area contributed by atoms with Crippen LogP contribution in [0.3, 0.4) is 0 Å². The number of ketones is 1. The van der Waals surface area contributed by atoms with E-state index in [1.807, 2.05) is 36.4 Å². The van der Waals surface area contributed by atoms with Gasteiger partial charge >= 0.3 is 0 Å². The SMILES string of the molecule is O=C(/C=C/c1ccc(Cc2ccccc2)s1)c1ccc(Br)cc1. The van der Waals surface area contributed by atoms with Gasteiger partial charge in [-0.2, -0.15) is 0 Å². The summed E-state index contributed by atoms with van der Waals surface area (Å²) in [6, 6.07) is 22.0. The zero-order valence-corrected chi connectivity index (χ0v) is 14.8. The fourth-order valence-corrected chi connectivity index (χ4v) is 3.46. The minimum absolute atomic E-state index is 0.0236. The molecule has 0 bridgehead atoms. The van der Waals surface area contributed by atoms with Crippen LogP contribution in [-0.2, 0) is 6.42 Å². The average Bonchev–Trinajstić information content (AvgIpc) is 3.02. The van der Waals surface area contributed by atoms with Crippen LogP contribution >= 0.6 is 27.3 Å². The van der Waals surface area contributed by atoms with E-state index in [0.717, 1.165) is 15.8 Å². The van der Waals surface area contributed by atoms with Crippen molar-refractivity contribution in [2.24, 2.45) is 0 Å². The van der Waals surface area contributed by atoms with E-state index in [1.54, 1.807) is 17.4 Å². The van der Waals surface area contributed by atoms with E-state index in [9.17, 15) is 4.79 Å². The molecule has 0 radical (unpaired) electrons. The van der Waals surface area contributed by atoms with E-state index in [4.69, 9.17) is 0 Å². The Bertz CT molecular complexity index is 816. The molecule has 3 aromatic rings. The van der Waals surface area contributed by atoms with E-state index in [1.165, 1.54) is 10.4 Å². The molecular formula is C20H15BrOS. The van der Waals surface area contributed by atoms with Gasteiger partial charge in [0, 0.05) is 26.2 Å². The summed E-state index contributed by atoms with van der Waals surface area (Å²) in [5.74, 6) is 0.0236. The molecule has 0 saturated heterocycles. The molecule has 1 nitrogen and oxygen atoms in total. The highest BCUT2D eigenvalue weighted by Crippen LogP contribution is 2.21. The minimum Gasteiger partial charge on any atom is -0.289 e. The first-order valence-corrected chi connectivity index (χ1v) is 8.92. The van der Waals surface area contributed by atoms with Gasteiger partial charge in [-0.3, -0.25) is 4.79 Å². The summed E-state index contributed by atoms with van der Waals surface area (Å²) in [5, 5.41) is 0. The quantitative estimate of drug-likeness (QED) is 0.390. The third-order valence-electron chi connectivity index (χ3n) is 3.43. The minimum atomic E-state index is 0.0236. The van der Waals surface area contributed by atoms with Crippen LogP contribution in [0.2, 0.25) is 0 Å². The monoisotopic (exact) mass is 382 g/mol. The van der Waals surface area contributed by atoms with Crippen LogP contribution in [0.15, 0.2) is 77.3 Å². The number of hydrogen-bond acceptors (Lipinski definition) is 2. The van der Waals surface area contributed by atoms with Gasteiger partial charge in [-0.25, -0.2) is 0 Å². The van der Waals surface area contributed by atoms with E-state index >= 15 is 0 Å². The van der Waals surface area contributed by atoms with Crippen LogP contribution < -0.4 is 0 Å². The van der Waals surface area contributed by atoms with Crippen LogP contribution in [0.4, 0.5) is 0 Å². The first-order valence-electron chi connectivity index (χ1n) is 7.31. The number of rotatable bonds is 5. The van der Waals surface area contributed by atoms with Gasteiger partial charge in [0.15, 0.2) is 5.78 Å². The van der Waals surface area contributed by atoms with Crippen LogP contribution in [0.5, 0.6) is 0 Å². The summed E-state index contributed by atoms with van der Waals surface area (Å²) in [5.41, 5.74) is 2.00. The van der Waals surface area contributed by atoms with Gasteiger partial charge in [0.2, 0.25) is 0 Å². The summed E-state index contributed by atoms with van der Waals surface area (Å²) in [6.07, 6.45) is 4.46. The molecule has 0 aliphatic rings. The molecule has 23 heavy (non-hydrogen) atoms. The lowest BCUT2D eigenvalue weighted by Gasteiger charge is -1.97. The first-order chi connectivity index (χ1) is 11.2. The molecule has 0 saturated carbocycles. The van der Waals surface area contributed by atoms with Crippen molar-refractivity contribution in [1.82, 2.24) is 0 Å². The fourth-order valence-electron chi connectivity index (χ4n) is 2.24. The van der Waals surface area contributed by atoms with Gasteiger partial charge in [-0.1, -0.05) is 46.3 Å². The molecule has 3 rings (SSSR count). The van der Waals surface area contributed by atoms with Gasteiger partial charge in [0.1, 0.15) is 0 Å². The Balaban J connectivity index is 1.66. The summed E-state index contributed by atoms with van der Waals surface area (Å²) < 4.78 is 0.974. The van der Waals surface area contributed by atoms with Gasteiger partial charge < -0.3 is 0 Å². The summed E-state index contributed by atoms with van der Waals surface area (Å²) in [6.45, 7) is 0. The van der Waals surface area contributed by atoms with Gasteiger partial charge in [0.05, 0.1) is 0 Å². The number of hydrogen-bond donors (Lipinski definition) is 0. The van der Waals surface area contributed by atoms with Crippen LogP contribution in [0, 0.1) is 0 Å². The lowest BCUT2D eigenvalue weighted by molar-refractivity contribution is 0.104. The Morgan fingerprint density at radius 3 is 2.43 bits per heavy atom. The predicted octanol–water partition coefficient (Wildman–Crippen LogP) is 6.00. The Kier molecular flexibility index (Phi) is 5.21. The Hall–Kier alpha value is -1.97. The van der Waals surface area contributed by atoms with Gasteiger partial charge in [0.25, 0.3) is 0 Å². The number of thiophene rings is 1. The van der Waals surface area contributed by atoms with E-state index in [-0.39, 0.29) is 5.78 Å². The smallest absolute Gasteiger partial charge is 0.185 e. The molecule has 0 N–H and O–H groups in total. The Labute approximate surface area is 148 Å². The third kappa shape index (κ3) is 4.50. The van der Waals surface area contributed by atoms with Gasteiger partial charge in [-0.15, -0.1) is 11.3 Å². The molecule has 3 heteroatoms. The molecular weight excluding hydrogens is 368 g/mol. The first kappa shape index (κ1) is 15.9. The van der Waals surface area contributed by atoms with Crippen molar-refractivity contribution < 1.29 is 4.79 Å². The van der Waals surface area contributed by atoms with E-state index in [0.29, 0.717) is 5.56 Å². The normalized spacial score (nSPS) is 11.0. The second kappa shape index (κ2) is 7.53. The highest BCUT2D eigenvalue weighted by Gasteiger charge is 2.03. The van der Waals surface area contributed by atoms with Crippen LogP contribution in [-0.4, -0.2) is 5.78 Å². The van der Waals surface area contributed by atoms with Crippen molar-refractivity contribution in [3.05, 3.63) is 98.2 Å².